The number of benzene rings is 1. The highest BCUT2D eigenvalue weighted by atomic mass is 16.2. The maximum absolute atomic E-state index is 12.1. The zero-order valence-corrected chi connectivity index (χ0v) is 13.0. The first-order chi connectivity index (χ1) is 10.6. The Bertz CT molecular complexity index is 550. The summed E-state index contributed by atoms with van der Waals surface area (Å²) in [6.07, 6.45) is 3.55. The van der Waals surface area contributed by atoms with Crippen LogP contribution in [0.4, 0.5) is 5.69 Å². The third-order valence-electron chi connectivity index (χ3n) is 4.51. The molecular weight excluding hydrogens is 278 g/mol. The van der Waals surface area contributed by atoms with Crippen LogP contribution in [0.5, 0.6) is 0 Å². The molecule has 2 aliphatic rings. The smallest absolute Gasteiger partial charge is 0.237 e. The molecule has 0 saturated carbocycles. The van der Waals surface area contributed by atoms with Gasteiger partial charge in [-0.25, -0.2) is 0 Å². The second kappa shape index (κ2) is 6.48. The summed E-state index contributed by atoms with van der Waals surface area (Å²) in [5, 5.41) is 6.26. The molecule has 5 heteroatoms. The Morgan fingerprint density at radius 3 is 2.68 bits per heavy atom. The number of hydrogen-bond donors (Lipinski definition) is 2. The highest BCUT2D eigenvalue weighted by molar-refractivity contribution is 5.95. The maximum atomic E-state index is 12.1. The van der Waals surface area contributed by atoms with Gasteiger partial charge in [0.25, 0.3) is 0 Å². The highest BCUT2D eigenvalue weighted by Crippen LogP contribution is 2.23. The first-order valence-electron chi connectivity index (χ1n) is 8.09. The van der Waals surface area contributed by atoms with Crippen molar-refractivity contribution in [2.75, 3.05) is 18.0 Å². The minimum atomic E-state index is -0.0519. The van der Waals surface area contributed by atoms with Gasteiger partial charge in [0.2, 0.25) is 11.8 Å². The van der Waals surface area contributed by atoms with Gasteiger partial charge in [-0.05, 0) is 50.4 Å². The van der Waals surface area contributed by atoms with E-state index in [1.807, 2.05) is 36.1 Å². The van der Waals surface area contributed by atoms with Crippen LogP contribution in [0.3, 0.4) is 0 Å². The van der Waals surface area contributed by atoms with Crippen LogP contribution >= 0.6 is 0 Å². The number of nitrogens with one attached hydrogen (secondary N) is 2. The van der Waals surface area contributed by atoms with Crippen LogP contribution in [0.2, 0.25) is 0 Å². The van der Waals surface area contributed by atoms with E-state index in [1.54, 1.807) is 0 Å². The molecule has 2 heterocycles. The molecule has 0 spiro atoms. The van der Waals surface area contributed by atoms with E-state index in [2.05, 4.69) is 10.6 Å². The van der Waals surface area contributed by atoms with Gasteiger partial charge >= 0.3 is 0 Å². The van der Waals surface area contributed by atoms with Crippen LogP contribution < -0.4 is 15.5 Å². The second-order valence-electron chi connectivity index (χ2n) is 6.12. The van der Waals surface area contributed by atoms with E-state index < -0.39 is 0 Å². The minimum Gasteiger partial charge on any atom is -0.348 e. The molecule has 3 rings (SSSR count). The van der Waals surface area contributed by atoms with Crippen molar-refractivity contribution in [2.24, 2.45) is 0 Å². The number of rotatable bonds is 4. The summed E-state index contributed by atoms with van der Waals surface area (Å²) in [6, 6.07) is 7.84. The van der Waals surface area contributed by atoms with Crippen LogP contribution in [0.25, 0.3) is 0 Å². The summed E-state index contributed by atoms with van der Waals surface area (Å²) >= 11 is 0. The van der Waals surface area contributed by atoms with Crippen LogP contribution in [0, 0.1) is 0 Å². The standard InChI is InChI=1S/C17H23N3O2/c1-12(19-17(22)15-4-2-10-18-15)13-6-8-14(9-7-13)20-11-3-5-16(20)21/h6-9,12,15,18H,2-5,10-11H2,1H3,(H,19,22). The number of anilines is 1. The molecule has 0 aliphatic carbocycles. The van der Waals surface area contributed by atoms with E-state index >= 15 is 0 Å². The Morgan fingerprint density at radius 1 is 1.32 bits per heavy atom. The SMILES string of the molecule is CC(NC(=O)C1CCCN1)c1ccc(N2CCCC2=O)cc1. The van der Waals surface area contributed by atoms with E-state index in [0.29, 0.717) is 6.42 Å². The summed E-state index contributed by atoms with van der Waals surface area (Å²) in [5.74, 6) is 0.269. The van der Waals surface area contributed by atoms with Crippen molar-refractivity contribution < 1.29 is 9.59 Å². The lowest BCUT2D eigenvalue weighted by Crippen LogP contribution is -2.41. The summed E-state index contributed by atoms with van der Waals surface area (Å²) < 4.78 is 0. The zero-order chi connectivity index (χ0) is 15.5. The molecule has 118 valence electrons. The molecule has 0 radical (unpaired) electrons. The van der Waals surface area contributed by atoms with Gasteiger partial charge in [0, 0.05) is 18.7 Å². The molecule has 2 fully saturated rings. The molecule has 2 atom stereocenters. The number of carbonyl (C=O) groups excluding carboxylic acids is 2. The number of hydrogen-bond acceptors (Lipinski definition) is 3. The molecule has 5 nitrogen and oxygen atoms in total. The van der Waals surface area contributed by atoms with Gasteiger partial charge in [0.1, 0.15) is 0 Å². The molecule has 0 bridgehead atoms. The predicted molar refractivity (Wildman–Crippen MR) is 85.6 cm³/mol. The summed E-state index contributed by atoms with van der Waals surface area (Å²) in [4.78, 5) is 25.7. The lowest BCUT2D eigenvalue weighted by molar-refractivity contribution is -0.123. The summed E-state index contributed by atoms with van der Waals surface area (Å²) in [5.41, 5.74) is 2.00. The Balaban J connectivity index is 1.61. The van der Waals surface area contributed by atoms with E-state index in [0.717, 1.165) is 43.6 Å². The lowest BCUT2D eigenvalue weighted by Gasteiger charge is -2.20. The largest absolute Gasteiger partial charge is 0.348 e. The first kappa shape index (κ1) is 15.0. The molecule has 2 aliphatic heterocycles. The van der Waals surface area contributed by atoms with Crippen molar-refractivity contribution in [2.45, 2.75) is 44.7 Å². The van der Waals surface area contributed by atoms with E-state index in [4.69, 9.17) is 0 Å². The zero-order valence-electron chi connectivity index (χ0n) is 13.0. The molecule has 2 unspecified atom stereocenters. The number of carbonyl (C=O) groups is 2. The van der Waals surface area contributed by atoms with Crippen molar-refractivity contribution >= 4 is 17.5 Å². The maximum Gasteiger partial charge on any atom is 0.237 e. The summed E-state index contributed by atoms with van der Waals surface area (Å²) in [6.45, 7) is 3.71. The molecule has 22 heavy (non-hydrogen) atoms. The van der Waals surface area contributed by atoms with E-state index in [9.17, 15) is 9.59 Å². The van der Waals surface area contributed by atoms with Gasteiger partial charge in [-0.15, -0.1) is 0 Å². The van der Waals surface area contributed by atoms with Crippen molar-refractivity contribution in [3.05, 3.63) is 29.8 Å². The highest BCUT2D eigenvalue weighted by Gasteiger charge is 2.24. The molecular formula is C17H23N3O2. The quantitative estimate of drug-likeness (QED) is 0.890. The monoisotopic (exact) mass is 301 g/mol. The second-order valence-corrected chi connectivity index (χ2v) is 6.12. The van der Waals surface area contributed by atoms with Crippen LogP contribution in [-0.4, -0.2) is 30.9 Å². The predicted octanol–water partition coefficient (Wildman–Crippen LogP) is 1.74. The van der Waals surface area contributed by atoms with Crippen LogP contribution in [-0.2, 0) is 9.59 Å². The first-order valence-corrected chi connectivity index (χ1v) is 8.09. The fourth-order valence-electron chi connectivity index (χ4n) is 3.17. The average Bonchev–Trinajstić information content (AvgIpc) is 3.18. The topological polar surface area (TPSA) is 61.4 Å². The van der Waals surface area contributed by atoms with Crippen molar-refractivity contribution in [1.82, 2.24) is 10.6 Å². The summed E-state index contributed by atoms with van der Waals surface area (Å²) in [7, 11) is 0. The Morgan fingerprint density at radius 2 is 2.09 bits per heavy atom. The van der Waals surface area contributed by atoms with Gasteiger partial charge in [-0.3, -0.25) is 9.59 Å². The minimum absolute atomic E-state index is 0.0294. The van der Waals surface area contributed by atoms with Crippen molar-refractivity contribution in [3.63, 3.8) is 0 Å². The average molecular weight is 301 g/mol. The number of amides is 2. The third kappa shape index (κ3) is 3.14. The van der Waals surface area contributed by atoms with Gasteiger partial charge < -0.3 is 15.5 Å². The molecule has 2 amide bonds. The Labute approximate surface area is 131 Å². The fraction of sp³-hybridized carbons (Fsp3) is 0.529. The van der Waals surface area contributed by atoms with Gasteiger partial charge in [-0.2, -0.15) is 0 Å². The molecule has 2 saturated heterocycles. The molecule has 0 aromatic heterocycles. The molecule has 2 N–H and O–H groups in total. The van der Waals surface area contributed by atoms with Gasteiger partial charge in [0.15, 0.2) is 0 Å². The van der Waals surface area contributed by atoms with Gasteiger partial charge in [0.05, 0.1) is 12.1 Å². The van der Waals surface area contributed by atoms with Crippen molar-refractivity contribution in [1.29, 1.82) is 0 Å². The Kier molecular flexibility index (Phi) is 4.43. The van der Waals surface area contributed by atoms with E-state index in [-0.39, 0.29) is 23.9 Å². The lowest BCUT2D eigenvalue weighted by atomic mass is 10.1. The third-order valence-corrected chi connectivity index (χ3v) is 4.51. The normalized spacial score (nSPS) is 22.9. The van der Waals surface area contributed by atoms with E-state index in [1.165, 1.54) is 0 Å². The molecule has 1 aromatic rings. The number of nitrogens with zero attached hydrogens (tertiary/aromatic N) is 1. The Hall–Kier alpha value is -1.88. The van der Waals surface area contributed by atoms with Gasteiger partial charge in [-0.1, -0.05) is 12.1 Å². The fourth-order valence-corrected chi connectivity index (χ4v) is 3.17. The van der Waals surface area contributed by atoms with Crippen LogP contribution in [0.15, 0.2) is 24.3 Å². The molecule has 1 aromatic carbocycles. The van der Waals surface area contributed by atoms with Crippen molar-refractivity contribution in [3.8, 4) is 0 Å². The van der Waals surface area contributed by atoms with Crippen LogP contribution in [0.1, 0.15) is 44.2 Å².